The van der Waals surface area contributed by atoms with Gasteiger partial charge in [-0.2, -0.15) is 0 Å². The number of hydrogen-bond donors (Lipinski definition) is 1. The fourth-order valence-electron chi connectivity index (χ4n) is 1.84. The lowest BCUT2D eigenvalue weighted by Crippen LogP contribution is -2.07. The first kappa shape index (κ1) is 14.4. The normalized spacial score (nSPS) is 10.6. The third kappa shape index (κ3) is 2.75. The lowest BCUT2D eigenvalue weighted by Gasteiger charge is -2.15. The molecule has 1 N–H and O–H groups in total. The first-order chi connectivity index (χ1) is 8.42. The van der Waals surface area contributed by atoms with Crippen LogP contribution in [0.5, 0.6) is 17.2 Å². The molecular formula is C14H20O4. The van der Waals surface area contributed by atoms with Gasteiger partial charge in [0.1, 0.15) is 22.8 Å². The van der Waals surface area contributed by atoms with Gasteiger partial charge in [-0.1, -0.05) is 13.8 Å². The van der Waals surface area contributed by atoms with Crippen LogP contribution in [0.1, 0.15) is 36.2 Å². The number of methoxy groups -OCH3 is 2. The fraction of sp³-hybridized carbons (Fsp3) is 0.500. The Hall–Kier alpha value is -1.71. The summed E-state index contributed by atoms with van der Waals surface area (Å²) in [5.74, 6) is 0.900. The second-order valence-corrected chi connectivity index (χ2v) is 4.65. The number of benzene rings is 1. The van der Waals surface area contributed by atoms with E-state index in [9.17, 15) is 9.90 Å². The second kappa shape index (κ2) is 5.76. The lowest BCUT2D eigenvalue weighted by atomic mass is 9.97. The van der Waals surface area contributed by atoms with Crippen molar-refractivity contribution in [2.24, 2.45) is 5.92 Å². The van der Waals surface area contributed by atoms with Gasteiger partial charge in [-0.25, -0.2) is 0 Å². The Kier molecular flexibility index (Phi) is 4.59. The first-order valence-electron chi connectivity index (χ1n) is 5.90. The van der Waals surface area contributed by atoms with E-state index in [2.05, 4.69) is 0 Å². The SMILES string of the molecule is COc1cc(OC)c(C(=O)CC(C)C)c(O)c1C. The molecule has 0 unspecified atom stereocenters. The molecule has 0 aliphatic rings. The highest BCUT2D eigenvalue weighted by Gasteiger charge is 2.22. The quantitative estimate of drug-likeness (QED) is 0.818. The molecule has 0 heterocycles. The van der Waals surface area contributed by atoms with Crippen LogP contribution in [0.2, 0.25) is 0 Å². The van der Waals surface area contributed by atoms with E-state index in [-0.39, 0.29) is 23.0 Å². The Labute approximate surface area is 108 Å². The summed E-state index contributed by atoms with van der Waals surface area (Å²) in [6.07, 6.45) is 0.371. The minimum absolute atomic E-state index is 0.0585. The number of carbonyl (C=O) groups is 1. The van der Waals surface area contributed by atoms with Crippen molar-refractivity contribution in [1.29, 1.82) is 0 Å². The van der Waals surface area contributed by atoms with Crippen molar-refractivity contribution >= 4 is 5.78 Å². The second-order valence-electron chi connectivity index (χ2n) is 4.65. The minimum Gasteiger partial charge on any atom is -0.507 e. The molecule has 0 aromatic heterocycles. The largest absolute Gasteiger partial charge is 0.507 e. The van der Waals surface area contributed by atoms with Crippen LogP contribution in [0.3, 0.4) is 0 Å². The van der Waals surface area contributed by atoms with E-state index >= 15 is 0 Å². The van der Waals surface area contributed by atoms with Crippen molar-refractivity contribution in [3.8, 4) is 17.2 Å². The predicted octanol–water partition coefficient (Wildman–Crippen LogP) is 2.95. The molecular weight excluding hydrogens is 232 g/mol. The summed E-state index contributed by atoms with van der Waals surface area (Å²) < 4.78 is 10.3. The maximum atomic E-state index is 12.1. The van der Waals surface area contributed by atoms with Gasteiger partial charge in [-0.15, -0.1) is 0 Å². The van der Waals surface area contributed by atoms with Crippen molar-refractivity contribution in [2.75, 3.05) is 14.2 Å². The van der Waals surface area contributed by atoms with Gasteiger partial charge in [0.05, 0.1) is 14.2 Å². The standard InChI is InChI=1S/C14H20O4/c1-8(2)6-10(15)13-12(18-5)7-11(17-4)9(3)14(13)16/h7-8,16H,6H2,1-5H3. The highest BCUT2D eigenvalue weighted by Crippen LogP contribution is 2.38. The molecule has 0 spiro atoms. The molecule has 18 heavy (non-hydrogen) atoms. The Morgan fingerprint density at radius 3 is 2.28 bits per heavy atom. The van der Waals surface area contributed by atoms with Crippen molar-refractivity contribution in [1.82, 2.24) is 0 Å². The molecule has 0 saturated heterocycles. The Morgan fingerprint density at radius 1 is 1.28 bits per heavy atom. The molecule has 0 bridgehead atoms. The van der Waals surface area contributed by atoms with E-state index in [1.54, 1.807) is 13.0 Å². The molecule has 4 nitrogen and oxygen atoms in total. The zero-order valence-electron chi connectivity index (χ0n) is 11.5. The summed E-state index contributed by atoms with van der Waals surface area (Å²) in [5.41, 5.74) is 0.787. The highest BCUT2D eigenvalue weighted by molar-refractivity contribution is 6.02. The summed E-state index contributed by atoms with van der Waals surface area (Å²) >= 11 is 0. The number of carbonyl (C=O) groups excluding carboxylic acids is 1. The maximum Gasteiger partial charge on any atom is 0.170 e. The summed E-state index contributed by atoms with van der Waals surface area (Å²) in [6, 6.07) is 1.63. The van der Waals surface area contributed by atoms with E-state index in [4.69, 9.17) is 9.47 Å². The zero-order valence-corrected chi connectivity index (χ0v) is 11.5. The summed E-state index contributed by atoms with van der Waals surface area (Å²) in [7, 11) is 2.98. The van der Waals surface area contributed by atoms with E-state index in [1.165, 1.54) is 14.2 Å². The van der Waals surface area contributed by atoms with Gasteiger partial charge in [0, 0.05) is 18.1 Å². The van der Waals surface area contributed by atoms with Crippen LogP contribution in [-0.4, -0.2) is 25.1 Å². The van der Waals surface area contributed by atoms with Crippen LogP contribution in [0, 0.1) is 12.8 Å². The molecule has 0 aliphatic heterocycles. The molecule has 0 amide bonds. The molecule has 100 valence electrons. The topological polar surface area (TPSA) is 55.8 Å². The van der Waals surface area contributed by atoms with Gasteiger partial charge in [0.15, 0.2) is 5.78 Å². The Morgan fingerprint density at radius 2 is 1.83 bits per heavy atom. The van der Waals surface area contributed by atoms with Gasteiger partial charge in [-0.05, 0) is 12.8 Å². The lowest BCUT2D eigenvalue weighted by molar-refractivity contribution is 0.0962. The fourth-order valence-corrected chi connectivity index (χ4v) is 1.84. The summed E-state index contributed by atoms with van der Waals surface area (Å²) in [6.45, 7) is 5.62. The smallest absolute Gasteiger partial charge is 0.170 e. The number of ketones is 1. The van der Waals surface area contributed by atoms with Crippen LogP contribution in [0.25, 0.3) is 0 Å². The number of phenols is 1. The van der Waals surface area contributed by atoms with Crippen LogP contribution < -0.4 is 9.47 Å². The van der Waals surface area contributed by atoms with Gasteiger partial charge >= 0.3 is 0 Å². The highest BCUT2D eigenvalue weighted by atomic mass is 16.5. The third-order valence-corrected chi connectivity index (χ3v) is 2.78. The van der Waals surface area contributed by atoms with Crippen molar-refractivity contribution in [3.05, 3.63) is 17.2 Å². The number of ether oxygens (including phenoxy) is 2. The number of aromatic hydroxyl groups is 1. The first-order valence-corrected chi connectivity index (χ1v) is 5.90. The van der Waals surface area contributed by atoms with Gasteiger partial charge in [0.25, 0.3) is 0 Å². The van der Waals surface area contributed by atoms with Gasteiger partial charge in [0.2, 0.25) is 0 Å². The molecule has 1 rings (SSSR count). The van der Waals surface area contributed by atoms with Crippen molar-refractivity contribution < 1.29 is 19.4 Å². The molecule has 0 saturated carbocycles. The third-order valence-electron chi connectivity index (χ3n) is 2.78. The zero-order chi connectivity index (χ0) is 13.9. The number of phenolic OH excluding ortho intramolecular Hbond substituents is 1. The van der Waals surface area contributed by atoms with E-state index in [0.29, 0.717) is 23.5 Å². The van der Waals surface area contributed by atoms with Crippen LogP contribution in [0.15, 0.2) is 6.07 Å². The van der Waals surface area contributed by atoms with E-state index < -0.39 is 0 Å². The van der Waals surface area contributed by atoms with Gasteiger partial charge < -0.3 is 14.6 Å². The van der Waals surface area contributed by atoms with Crippen molar-refractivity contribution in [3.63, 3.8) is 0 Å². The molecule has 4 heteroatoms. The molecule has 0 fully saturated rings. The van der Waals surface area contributed by atoms with Crippen molar-refractivity contribution in [2.45, 2.75) is 27.2 Å². The Bertz CT molecular complexity index is 450. The predicted molar refractivity (Wildman–Crippen MR) is 69.7 cm³/mol. The van der Waals surface area contributed by atoms with Crippen LogP contribution in [-0.2, 0) is 0 Å². The van der Waals surface area contributed by atoms with E-state index in [0.717, 1.165) is 0 Å². The Balaban J connectivity index is 3.34. The average molecular weight is 252 g/mol. The summed E-state index contributed by atoms with van der Waals surface area (Å²) in [4.78, 5) is 12.1. The maximum absolute atomic E-state index is 12.1. The molecule has 0 radical (unpaired) electrons. The molecule has 0 atom stereocenters. The van der Waals surface area contributed by atoms with Crippen LogP contribution >= 0.6 is 0 Å². The number of hydrogen-bond acceptors (Lipinski definition) is 4. The van der Waals surface area contributed by atoms with Crippen LogP contribution in [0.4, 0.5) is 0 Å². The number of rotatable bonds is 5. The minimum atomic E-state index is -0.120. The molecule has 1 aromatic rings. The van der Waals surface area contributed by atoms with Gasteiger partial charge in [-0.3, -0.25) is 4.79 Å². The summed E-state index contributed by atoms with van der Waals surface area (Å²) in [5, 5.41) is 10.1. The monoisotopic (exact) mass is 252 g/mol. The number of Topliss-reactive ketones (excluding diaryl/α,β-unsaturated/α-hetero) is 1. The molecule has 0 aliphatic carbocycles. The van der Waals surface area contributed by atoms with E-state index in [1.807, 2.05) is 13.8 Å². The molecule has 1 aromatic carbocycles. The average Bonchev–Trinajstić information content (AvgIpc) is 2.31.